The first-order valence-electron chi connectivity index (χ1n) is 4.66. The van der Waals surface area contributed by atoms with Gasteiger partial charge < -0.3 is 4.90 Å². The van der Waals surface area contributed by atoms with Gasteiger partial charge in [-0.3, -0.25) is 4.79 Å². The molecule has 0 saturated heterocycles. The minimum Gasteiger partial charge on any atom is -0.378 e. The molecule has 0 N–H and O–H groups in total. The van der Waals surface area contributed by atoms with Crippen LogP contribution < -0.4 is 4.90 Å². The molecule has 0 fully saturated rings. The number of halogens is 1. The number of anilines is 1. The molecule has 0 aromatic heterocycles. The molecule has 15 heavy (non-hydrogen) atoms. The summed E-state index contributed by atoms with van der Waals surface area (Å²) in [5, 5.41) is 0.652. The Morgan fingerprint density at radius 1 is 1.40 bits per heavy atom. The van der Waals surface area contributed by atoms with E-state index in [-0.39, 0.29) is 5.78 Å². The van der Waals surface area contributed by atoms with Gasteiger partial charge in [-0.15, -0.1) is 0 Å². The van der Waals surface area contributed by atoms with Crippen molar-refractivity contribution in [3.63, 3.8) is 0 Å². The maximum absolute atomic E-state index is 10.8. The summed E-state index contributed by atoms with van der Waals surface area (Å²) in [7, 11) is 3.91. The third kappa shape index (κ3) is 3.40. The average molecular weight is 224 g/mol. The number of hydrogen-bond acceptors (Lipinski definition) is 2. The lowest BCUT2D eigenvalue weighted by Gasteiger charge is -2.13. The van der Waals surface area contributed by atoms with Gasteiger partial charge in [-0.1, -0.05) is 17.7 Å². The Balaban J connectivity index is 2.98. The molecule has 80 valence electrons. The van der Waals surface area contributed by atoms with Crippen LogP contribution in [0.25, 0.3) is 6.08 Å². The van der Waals surface area contributed by atoms with Crippen molar-refractivity contribution in [1.29, 1.82) is 0 Å². The fourth-order valence-corrected chi connectivity index (χ4v) is 1.37. The van der Waals surface area contributed by atoms with Crippen molar-refractivity contribution in [3.8, 4) is 0 Å². The lowest BCUT2D eigenvalue weighted by atomic mass is 10.1. The highest BCUT2D eigenvalue weighted by atomic mass is 35.5. The van der Waals surface area contributed by atoms with E-state index >= 15 is 0 Å². The maximum Gasteiger partial charge on any atom is 0.152 e. The zero-order valence-corrected chi connectivity index (χ0v) is 9.88. The molecule has 1 aromatic carbocycles. The Morgan fingerprint density at radius 2 is 2.07 bits per heavy atom. The number of allylic oxidation sites excluding steroid dienone is 1. The lowest BCUT2D eigenvalue weighted by Crippen LogP contribution is -2.08. The van der Waals surface area contributed by atoms with Gasteiger partial charge in [0.2, 0.25) is 0 Å². The summed E-state index contributed by atoms with van der Waals surface area (Å²) in [5.74, 6) is 0.0164. The van der Waals surface area contributed by atoms with E-state index in [4.69, 9.17) is 11.6 Å². The molecule has 3 heteroatoms. The molecule has 0 saturated carbocycles. The summed E-state index contributed by atoms with van der Waals surface area (Å²) in [6.07, 6.45) is 3.24. The van der Waals surface area contributed by atoms with Crippen LogP contribution in [-0.4, -0.2) is 19.9 Å². The first-order valence-corrected chi connectivity index (χ1v) is 5.04. The predicted octanol–water partition coefficient (Wildman–Crippen LogP) is 3.01. The van der Waals surface area contributed by atoms with Crippen LogP contribution in [0.15, 0.2) is 24.3 Å². The van der Waals surface area contributed by atoms with Crippen molar-refractivity contribution in [2.24, 2.45) is 0 Å². The summed E-state index contributed by atoms with van der Waals surface area (Å²) < 4.78 is 0. The summed E-state index contributed by atoms with van der Waals surface area (Å²) in [5.41, 5.74) is 1.90. The maximum atomic E-state index is 10.8. The Hall–Kier alpha value is -1.28. The standard InChI is InChI=1S/C12H14ClNO/c1-9(15)4-5-10-6-7-11(14(2)3)8-12(10)13/h4-8H,1-3H3. The van der Waals surface area contributed by atoms with Crippen molar-refractivity contribution in [1.82, 2.24) is 0 Å². The van der Waals surface area contributed by atoms with Gasteiger partial charge in [-0.05, 0) is 36.8 Å². The van der Waals surface area contributed by atoms with Crippen LogP contribution in [0.5, 0.6) is 0 Å². The van der Waals surface area contributed by atoms with Crippen LogP contribution in [0.3, 0.4) is 0 Å². The van der Waals surface area contributed by atoms with Gasteiger partial charge in [0.05, 0.1) is 0 Å². The topological polar surface area (TPSA) is 20.3 Å². The third-order valence-corrected chi connectivity index (χ3v) is 2.33. The van der Waals surface area contributed by atoms with Crippen molar-refractivity contribution in [2.75, 3.05) is 19.0 Å². The van der Waals surface area contributed by atoms with Gasteiger partial charge in [0.15, 0.2) is 5.78 Å². The summed E-state index contributed by atoms with van der Waals surface area (Å²) in [6.45, 7) is 1.51. The van der Waals surface area contributed by atoms with Gasteiger partial charge in [-0.2, -0.15) is 0 Å². The van der Waals surface area contributed by atoms with Crippen molar-refractivity contribution >= 4 is 29.1 Å². The Bertz CT molecular complexity index is 397. The second kappa shape index (κ2) is 4.99. The Labute approximate surface area is 95.2 Å². The zero-order chi connectivity index (χ0) is 11.4. The largest absolute Gasteiger partial charge is 0.378 e. The summed E-state index contributed by atoms with van der Waals surface area (Å²) in [4.78, 5) is 12.7. The van der Waals surface area contributed by atoms with Crippen LogP contribution in [0.4, 0.5) is 5.69 Å². The highest BCUT2D eigenvalue weighted by Crippen LogP contribution is 2.23. The molecule has 0 aliphatic heterocycles. The number of ketones is 1. The summed E-state index contributed by atoms with van der Waals surface area (Å²) in [6, 6.07) is 5.74. The summed E-state index contributed by atoms with van der Waals surface area (Å²) >= 11 is 6.07. The molecular weight excluding hydrogens is 210 g/mol. The highest BCUT2D eigenvalue weighted by Gasteiger charge is 2.00. The molecule has 0 spiro atoms. The van der Waals surface area contributed by atoms with Crippen LogP contribution in [0, 0.1) is 0 Å². The predicted molar refractivity (Wildman–Crippen MR) is 65.5 cm³/mol. The van der Waals surface area contributed by atoms with Crippen molar-refractivity contribution < 1.29 is 4.79 Å². The van der Waals surface area contributed by atoms with Gasteiger partial charge in [0.1, 0.15) is 0 Å². The molecule has 0 heterocycles. The van der Waals surface area contributed by atoms with Crippen LogP contribution in [0.2, 0.25) is 5.02 Å². The van der Waals surface area contributed by atoms with E-state index in [0.717, 1.165) is 11.3 Å². The van der Waals surface area contributed by atoms with E-state index in [9.17, 15) is 4.79 Å². The molecule has 0 atom stereocenters. The first kappa shape index (κ1) is 11.8. The Morgan fingerprint density at radius 3 is 2.53 bits per heavy atom. The zero-order valence-electron chi connectivity index (χ0n) is 9.12. The van der Waals surface area contributed by atoms with Crippen molar-refractivity contribution in [3.05, 3.63) is 34.9 Å². The second-order valence-corrected chi connectivity index (χ2v) is 3.95. The van der Waals surface area contributed by atoms with Crippen LogP contribution in [-0.2, 0) is 4.79 Å². The van der Waals surface area contributed by atoms with Gasteiger partial charge >= 0.3 is 0 Å². The lowest BCUT2D eigenvalue weighted by molar-refractivity contribution is -0.112. The number of carbonyl (C=O) groups is 1. The normalized spacial score (nSPS) is 10.7. The second-order valence-electron chi connectivity index (χ2n) is 3.54. The molecule has 2 nitrogen and oxygen atoms in total. The molecule has 1 rings (SSSR count). The molecule has 0 bridgehead atoms. The SMILES string of the molecule is CC(=O)C=Cc1ccc(N(C)C)cc1Cl. The van der Waals surface area contributed by atoms with Gasteiger partial charge in [-0.25, -0.2) is 0 Å². The molecule has 0 unspecified atom stereocenters. The van der Waals surface area contributed by atoms with E-state index < -0.39 is 0 Å². The molecule has 0 radical (unpaired) electrons. The molecule has 0 amide bonds. The van der Waals surface area contributed by atoms with E-state index in [0.29, 0.717) is 5.02 Å². The number of nitrogens with zero attached hydrogens (tertiary/aromatic N) is 1. The van der Waals surface area contributed by atoms with E-state index in [1.165, 1.54) is 13.0 Å². The molecular formula is C12H14ClNO. The quantitative estimate of drug-likeness (QED) is 0.735. The monoisotopic (exact) mass is 223 g/mol. The van der Waals surface area contributed by atoms with Crippen LogP contribution in [0.1, 0.15) is 12.5 Å². The average Bonchev–Trinajstić information content (AvgIpc) is 2.15. The molecule has 1 aromatic rings. The van der Waals surface area contributed by atoms with Gasteiger partial charge in [0, 0.05) is 24.8 Å². The minimum atomic E-state index is 0.0164. The van der Waals surface area contributed by atoms with E-state index in [1.54, 1.807) is 6.08 Å². The smallest absolute Gasteiger partial charge is 0.152 e. The van der Waals surface area contributed by atoms with Crippen molar-refractivity contribution in [2.45, 2.75) is 6.92 Å². The number of carbonyl (C=O) groups excluding carboxylic acids is 1. The van der Waals surface area contributed by atoms with E-state index in [2.05, 4.69) is 0 Å². The number of hydrogen-bond donors (Lipinski definition) is 0. The molecule has 0 aliphatic carbocycles. The third-order valence-electron chi connectivity index (χ3n) is 2.00. The fourth-order valence-electron chi connectivity index (χ4n) is 1.14. The Kier molecular flexibility index (Phi) is 3.92. The first-order chi connectivity index (χ1) is 7.00. The van der Waals surface area contributed by atoms with E-state index in [1.807, 2.05) is 37.2 Å². The van der Waals surface area contributed by atoms with Crippen LogP contribution >= 0.6 is 11.6 Å². The highest BCUT2D eigenvalue weighted by molar-refractivity contribution is 6.32. The van der Waals surface area contributed by atoms with Gasteiger partial charge in [0.25, 0.3) is 0 Å². The molecule has 0 aliphatic rings. The minimum absolute atomic E-state index is 0.0164. The fraction of sp³-hybridized carbons (Fsp3) is 0.250. The number of benzene rings is 1. The number of rotatable bonds is 3.